The molecule has 0 radical (unpaired) electrons. The molecule has 0 aromatic heterocycles. The van der Waals surface area contributed by atoms with Crippen LogP contribution in [0.5, 0.6) is 5.75 Å². The van der Waals surface area contributed by atoms with Crippen molar-refractivity contribution in [2.75, 3.05) is 23.7 Å². The standard InChI is InChI=1S/C28H31N3O3/c1-21(31-18-16-23(17-19-31)28(33)30-24-10-6-3-7-11-24)27(32)29-25-12-14-26(15-13-25)34-20-22-8-4-2-5-9-22/h2-15,21,23H,16-20H2,1H3,(H,29,32)(H,30,33). The van der Waals surface area contributed by atoms with E-state index in [4.69, 9.17) is 4.74 Å². The van der Waals surface area contributed by atoms with Crippen molar-refractivity contribution in [3.63, 3.8) is 0 Å². The van der Waals surface area contributed by atoms with E-state index in [1.165, 1.54) is 0 Å². The molecule has 1 saturated heterocycles. The molecule has 1 atom stereocenters. The third-order valence-corrected chi connectivity index (χ3v) is 6.24. The Morgan fingerprint density at radius 2 is 1.44 bits per heavy atom. The number of carbonyl (C=O) groups is 2. The van der Waals surface area contributed by atoms with E-state index >= 15 is 0 Å². The van der Waals surface area contributed by atoms with E-state index < -0.39 is 0 Å². The van der Waals surface area contributed by atoms with Gasteiger partial charge >= 0.3 is 0 Å². The first kappa shape index (κ1) is 23.5. The minimum atomic E-state index is -0.271. The monoisotopic (exact) mass is 457 g/mol. The van der Waals surface area contributed by atoms with Crippen LogP contribution in [0.2, 0.25) is 0 Å². The largest absolute Gasteiger partial charge is 0.489 e. The average Bonchev–Trinajstić information content (AvgIpc) is 2.89. The molecule has 1 aliphatic heterocycles. The summed E-state index contributed by atoms with van der Waals surface area (Å²) in [7, 11) is 0. The van der Waals surface area contributed by atoms with Gasteiger partial charge in [0.15, 0.2) is 0 Å². The van der Waals surface area contributed by atoms with Crippen molar-refractivity contribution in [2.24, 2.45) is 5.92 Å². The molecule has 1 fully saturated rings. The zero-order chi connectivity index (χ0) is 23.8. The van der Waals surface area contributed by atoms with Gasteiger partial charge in [0.05, 0.1) is 6.04 Å². The zero-order valence-electron chi connectivity index (χ0n) is 19.4. The third kappa shape index (κ3) is 6.45. The van der Waals surface area contributed by atoms with Crippen molar-refractivity contribution in [1.29, 1.82) is 0 Å². The third-order valence-electron chi connectivity index (χ3n) is 6.24. The number of rotatable bonds is 8. The summed E-state index contributed by atoms with van der Waals surface area (Å²) in [6, 6.07) is 26.7. The second kappa shape index (κ2) is 11.5. The van der Waals surface area contributed by atoms with Crippen LogP contribution in [0.15, 0.2) is 84.9 Å². The number of piperidine rings is 1. The van der Waals surface area contributed by atoms with Gasteiger partial charge in [0, 0.05) is 17.3 Å². The van der Waals surface area contributed by atoms with Crippen molar-refractivity contribution in [1.82, 2.24) is 4.90 Å². The van der Waals surface area contributed by atoms with Crippen LogP contribution in [0.25, 0.3) is 0 Å². The summed E-state index contributed by atoms with van der Waals surface area (Å²) in [5, 5.41) is 5.98. The van der Waals surface area contributed by atoms with Crippen LogP contribution in [-0.4, -0.2) is 35.8 Å². The van der Waals surface area contributed by atoms with Gasteiger partial charge in [0.2, 0.25) is 11.8 Å². The van der Waals surface area contributed by atoms with Gasteiger partial charge in [-0.1, -0.05) is 48.5 Å². The summed E-state index contributed by atoms with van der Waals surface area (Å²) in [6.07, 6.45) is 1.48. The molecule has 0 aliphatic carbocycles. The van der Waals surface area contributed by atoms with E-state index in [2.05, 4.69) is 15.5 Å². The maximum atomic E-state index is 12.8. The Hall–Kier alpha value is -3.64. The number of nitrogens with one attached hydrogen (secondary N) is 2. The Labute approximate surface area is 200 Å². The van der Waals surface area contributed by atoms with Crippen molar-refractivity contribution in [2.45, 2.75) is 32.4 Å². The number of ether oxygens (including phenoxy) is 1. The van der Waals surface area contributed by atoms with Gasteiger partial charge in [-0.3, -0.25) is 14.5 Å². The van der Waals surface area contributed by atoms with Crippen LogP contribution in [0.1, 0.15) is 25.3 Å². The van der Waals surface area contributed by atoms with Crippen molar-refractivity contribution in [3.8, 4) is 5.75 Å². The van der Waals surface area contributed by atoms with E-state index in [9.17, 15) is 9.59 Å². The smallest absolute Gasteiger partial charge is 0.241 e. The van der Waals surface area contributed by atoms with Gasteiger partial charge in [0.1, 0.15) is 12.4 Å². The second-order valence-corrected chi connectivity index (χ2v) is 8.63. The summed E-state index contributed by atoms with van der Waals surface area (Å²) in [4.78, 5) is 27.5. The van der Waals surface area contributed by atoms with E-state index in [-0.39, 0.29) is 23.8 Å². The second-order valence-electron chi connectivity index (χ2n) is 8.63. The summed E-state index contributed by atoms with van der Waals surface area (Å²) in [5.41, 5.74) is 2.66. The molecule has 1 heterocycles. The van der Waals surface area contributed by atoms with Gasteiger partial charge < -0.3 is 15.4 Å². The molecular weight excluding hydrogens is 426 g/mol. The summed E-state index contributed by atoms with van der Waals surface area (Å²) >= 11 is 0. The van der Waals surface area contributed by atoms with E-state index in [0.717, 1.165) is 35.5 Å². The molecule has 6 nitrogen and oxygen atoms in total. The maximum absolute atomic E-state index is 12.8. The molecule has 3 aromatic carbocycles. The summed E-state index contributed by atoms with van der Waals surface area (Å²) < 4.78 is 5.81. The van der Waals surface area contributed by atoms with Gasteiger partial charge in [0.25, 0.3) is 0 Å². The first-order chi connectivity index (χ1) is 16.6. The number of nitrogens with zero attached hydrogens (tertiary/aromatic N) is 1. The number of anilines is 2. The quantitative estimate of drug-likeness (QED) is 0.503. The van der Waals surface area contributed by atoms with Crippen molar-refractivity contribution < 1.29 is 14.3 Å². The minimum absolute atomic E-state index is 0.0323. The van der Waals surface area contributed by atoms with Crippen LogP contribution < -0.4 is 15.4 Å². The highest BCUT2D eigenvalue weighted by molar-refractivity contribution is 5.95. The highest BCUT2D eigenvalue weighted by Crippen LogP contribution is 2.22. The average molecular weight is 458 g/mol. The first-order valence-corrected chi connectivity index (χ1v) is 11.8. The number of hydrogen-bond donors (Lipinski definition) is 2. The highest BCUT2D eigenvalue weighted by Gasteiger charge is 2.29. The Balaban J connectivity index is 1.22. The van der Waals surface area contributed by atoms with Gasteiger partial charge in [-0.15, -0.1) is 0 Å². The van der Waals surface area contributed by atoms with Gasteiger partial charge in [-0.2, -0.15) is 0 Å². The predicted molar refractivity (Wildman–Crippen MR) is 135 cm³/mol. The molecule has 0 bridgehead atoms. The number of para-hydroxylation sites is 1. The topological polar surface area (TPSA) is 70.7 Å². The fourth-order valence-electron chi connectivity index (χ4n) is 4.10. The molecular formula is C28H31N3O3. The van der Waals surface area contributed by atoms with E-state index in [0.29, 0.717) is 19.7 Å². The molecule has 4 rings (SSSR count). The minimum Gasteiger partial charge on any atom is -0.489 e. The van der Waals surface area contributed by atoms with Crippen LogP contribution in [0, 0.1) is 5.92 Å². The van der Waals surface area contributed by atoms with E-state index in [1.807, 2.05) is 91.9 Å². The Morgan fingerprint density at radius 1 is 0.853 bits per heavy atom. The number of likely N-dealkylation sites (tertiary alicyclic amines) is 1. The number of amides is 2. The molecule has 1 unspecified atom stereocenters. The maximum Gasteiger partial charge on any atom is 0.241 e. The number of carbonyl (C=O) groups excluding carboxylic acids is 2. The molecule has 0 saturated carbocycles. The van der Waals surface area contributed by atoms with Crippen molar-refractivity contribution >= 4 is 23.2 Å². The lowest BCUT2D eigenvalue weighted by Gasteiger charge is -2.34. The summed E-state index contributed by atoms with van der Waals surface area (Å²) in [5.74, 6) is 0.726. The Bertz CT molecular complexity index is 1060. The molecule has 0 spiro atoms. The van der Waals surface area contributed by atoms with Crippen LogP contribution in [0.3, 0.4) is 0 Å². The SMILES string of the molecule is CC(C(=O)Nc1ccc(OCc2ccccc2)cc1)N1CCC(C(=O)Nc2ccccc2)CC1. The lowest BCUT2D eigenvalue weighted by atomic mass is 9.94. The molecule has 3 aromatic rings. The van der Waals surface area contributed by atoms with Crippen LogP contribution in [0.4, 0.5) is 11.4 Å². The van der Waals surface area contributed by atoms with Crippen LogP contribution in [-0.2, 0) is 16.2 Å². The van der Waals surface area contributed by atoms with Crippen molar-refractivity contribution in [3.05, 3.63) is 90.5 Å². The van der Waals surface area contributed by atoms with E-state index in [1.54, 1.807) is 0 Å². The van der Waals surface area contributed by atoms with Crippen LogP contribution >= 0.6 is 0 Å². The lowest BCUT2D eigenvalue weighted by molar-refractivity contribution is -0.123. The predicted octanol–water partition coefficient (Wildman–Crippen LogP) is 4.94. The highest BCUT2D eigenvalue weighted by atomic mass is 16.5. The van der Waals surface area contributed by atoms with Gasteiger partial charge in [-0.05, 0) is 74.8 Å². The molecule has 34 heavy (non-hydrogen) atoms. The number of hydrogen-bond acceptors (Lipinski definition) is 4. The lowest BCUT2D eigenvalue weighted by Crippen LogP contribution is -2.47. The fraction of sp³-hybridized carbons (Fsp3) is 0.286. The molecule has 1 aliphatic rings. The summed E-state index contributed by atoms with van der Waals surface area (Å²) in [6.45, 7) is 3.85. The van der Waals surface area contributed by atoms with Gasteiger partial charge in [-0.25, -0.2) is 0 Å². The number of benzene rings is 3. The fourth-order valence-corrected chi connectivity index (χ4v) is 4.10. The molecule has 2 amide bonds. The molecule has 176 valence electrons. The Morgan fingerprint density at radius 3 is 2.09 bits per heavy atom. The molecule has 6 heteroatoms. The molecule has 2 N–H and O–H groups in total. The Kier molecular flexibility index (Phi) is 7.94. The zero-order valence-corrected chi connectivity index (χ0v) is 19.4. The first-order valence-electron chi connectivity index (χ1n) is 11.8. The normalized spacial score (nSPS) is 15.3.